The molecule has 1 aromatic heterocycles. The first kappa shape index (κ1) is 24.3. The molecule has 0 radical (unpaired) electrons. The van der Waals surface area contributed by atoms with Gasteiger partial charge < -0.3 is 8.60 Å². The lowest BCUT2D eigenvalue weighted by Crippen LogP contribution is -2.19. The molecule has 4 rings (SSSR count). The molecule has 0 unspecified atom stereocenters. The molecule has 0 saturated carbocycles. The van der Waals surface area contributed by atoms with Crippen LogP contribution in [0.5, 0.6) is 5.75 Å². The quantitative estimate of drug-likeness (QED) is 0.293. The Hall–Kier alpha value is -3.84. The Morgan fingerprint density at radius 3 is 2.14 bits per heavy atom. The maximum Gasteiger partial charge on any atom is 0.416 e. The van der Waals surface area contributed by atoms with E-state index >= 15 is 0 Å². The Balaban J connectivity index is 1.70. The van der Waals surface area contributed by atoms with Crippen LogP contribution < -0.4 is 14.5 Å². The fourth-order valence-electron chi connectivity index (χ4n) is 3.05. The number of fused-ring (bicyclic) bond motifs is 1. The fraction of sp³-hybridized carbons (Fsp3) is 0.0455. The minimum Gasteiger partial charge on any atom is -0.417 e. The van der Waals surface area contributed by atoms with E-state index in [1.165, 1.54) is 42.5 Å². The molecule has 0 aliphatic rings. The highest BCUT2D eigenvalue weighted by Gasteiger charge is 2.32. The Bertz CT molecular complexity index is 1680. The van der Waals surface area contributed by atoms with Gasteiger partial charge in [-0.05, 0) is 42.5 Å². The van der Waals surface area contributed by atoms with Crippen LogP contribution in [0.4, 0.5) is 18.9 Å². The van der Waals surface area contributed by atoms with Gasteiger partial charge in [-0.2, -0.15) is 21.6 Å². The largest absolute Gasteiger partial charge is 0.417 e. The number of nitrogens with one attached hydrogen (secondary N) is 1. The van der Waals surface area contributed by atoms with E-state index in [9.17, 15) is 34.8 Å². The molecule has 3 aromatic carbocycles. The number of hydrogen-bond acceptors (Lipinski definition) is 7. The summed E-state index contributed by atoms with van der Waals surface area (Å²) in [7, 11) is -8.87. The van der Waals surface area contributed by atoms with Gasteiger partial charge in [-0.3, -0.25) is 4.72 Å². The second kappa shape index (κ2) is 8.74. The third-order valence-electron chi connectivity index (χ3n) is 4.67. The molecule has 0 bridgehead atoms. The maximum atomic E-state index is 13.0. The summed E-state index contributed by atoms with van der Waals surface area (Å²) in [6, 6.07) is 15.2. The lowest BCUT2D eigenvalue weighted by atomic mass is 10.2. The van der Waals surface area contributed by atoms with Gasteiger partial charge in [-0.25, -0.2) is 13.2 Å². The normalized spacial score (nSPS) is 12.4. The highest BCUT2D eigenvalue weighted by atomic mass is 32.2. The number of para-hydroxylation sites is 1. The minimum absolute atomic E-state index is 0.0899. The topological polar surface area (TPSA) is 120 Å². The zero-order chi connectivity index (χ0) is 25.4. The van der Waals surface area contributed by atoms with Gasteiger partial charge in [0.15, 0.2) is 11.3 Å². The number of alkyl halides is 3. The summed E-state index contributed by atoms with van der Waals surface area (Å²) in [6.07, 6.45) is -4.77. The second-order valence-electron chi connectivity index (χ2n) is 7.10. The molecule has 0 fully saturated rings. The van der Waals surface area contributed by atoms with Crippen molar-refractivity contribution >= 4 is 36.8 Å². The van der Waals surface area contributed by atoms with E-state index in [2.05, 4.69) is 0 Å². The van der Waals surface area contributed by atoms with E-state index in [0.717, 1.165) is 18.2 Å². The standard InChI is InChI=1S/C22H14F3NO7S2/c23-22(24,25)15-7-5-10-17(13-15)34(28,29)26-18-12-14-6-4-11-19(20(14)32-21(18)27)33-35(30,31)16-8-2-1-3-9-16/h1-13,26H. The molecule has 0 aliphatic carbocycles. The van der Waals surface area contributed by atoms with Crippen LogP contribution in [0.1, 0.15) is 5.56 Å². The number of rotatable bonds is 6. The first-order chi connectivity index (χ1) is 16.4. The molecular formula is C22H14F3NO7S2. The minimum atomic E-state index is -4.77. The van der Waals surface area contributed by atoms with Gasteiger partial charge in [0.1, 0.15) is 10.6 Å². The Morgan fingerprint density at radius 2 is 1.46 bits per heavy atom. The first-order valence-corrected chi connectivity index (χ1v) is 12.5. The van der Waals surface area contributed by atoms with E-state index in [1.54, 1.807) is 6.07 Å². The van der Waals surface area contributed by atoms with Gasteiger partial charge in [0.25, 0.3) is 10.0 Å². The SMILES string of the molecule is O=c1oc2c(OS(=O)(=O)c3ccccc3)cccc2cc1NS(=O)(=O)c1cccc(C(F)(F)F)c1. The van der Waals surface area contributed by atoms with Crippen LogP contribution in [-0.4, -0.2) is 16.8 Å². The predicted molar refractivity (Wildman–Crippen MR) is 119 cm³/mol. The molecule has 0 saturated heterocycles. The van der Waals surface area contributed by atoms with Crippen molar-refractivity contribution in [1.82, 2.24) is 0 Å². The maximum absolute atomic E-state index is 13.0. The average molecular weight is 525 g/mol. The van der Waals surface area contributed by atoms with Crippen LogP contribution in [0.15, 0.2) is 97.9 Å². The van der Waals surface area contributed by atoms with Gasteiger partial charge in [0.05, 0.1) is 10.5 Å². The molecule has 0 aliphatic heterocycles. The smallest absolute Gasteiger partial charge is 0.416 e. The lowest BCUT2D eigenvalue weighted by molar-refractivity contribution is -0.137. The Morgan fingerprint density at radius 1 is 0.800 bits per heavy atom. The number of benzene rings is 3. The Kier molecular flexibility index (Phi) is 6.07. The number of anilines is 1. The van der Waals surface area contributed by atoms with Gasteiger partial charge in [0.2, 0.25) is 0 Å². The third kappa shape index (κ3) is 5.15. The summed E-state index contributed by atoms with van der Waals surface area (Å²) in [5.74, 6) is -0.323. The molecule has 8 nitrogen and oxygen atoms in total. The van der Waals surface area contributed by atoms with E-state index in [1.807, 2.05) is 4.72 Å². The molecular weight excluding hydrogens is 511 g/mol. The van der Waals surface area contributed by atoms with Crippen molar-refractivity contribution in [1.29, 1.82) is 0 Å². The molecule has 1 heterocycles. The van der Waals surface area contributed by atoms with Gasteiger partial charge in [-0.15, -0.1) is 0 Å². The van der Waals surface area contributed by atoms with E-state index in [4.69, 9.17) is 8.60 Å². The van der Waals surface area contributed by atoms with Crippen molar-refractivity contribution in [3.8, 4) is 5.75 Å². The van der Waals surface area contributed by atoms with Crippen LogP contribution in [-0.2, 0) is 26.3 Å². The lowest BCUT2D eigenvalue weighted by Gasteiger charge is -2.12. The number of hydrogen-bond donors (Lipinski definition) is 1. The molecule has 35 heavy (non-hydrogen) atoms. The summed E-state index contributed by atoms with van der Waals surface area (Å²) in [6.45, 7) is 0. The van der Waals surface area contributed by atoms with Crippen LogP contribution in [0.3, 0.4) is 0 Å². The van der Waals surface area contributed by atoms with Crippen molar-refractivity contribution < 1.29 is 38.6 Å². The Labute approximate surface area is 196 Å². The molecule has 4 aromatic rings. The monoisotopic (exact) mass is 525 g/mol. The molecule has 0 atom stereocenters. The van der Waals surface area contributed by atoms with Crippen LogP contribution in [0, 0.1) is 0 Å². The first-order valence-electron chi connectivity index (χ1n) is 9.63. The van der Waals surface area contributed by atoms with Crippen molar-refractivity contribution in [3.63, 3.8) is 0 Å². The molecule has 1 N–H and O–H groups in total. The predicted octanol–water partition coefficient (Wildman–Crippen LogP) is 4.38. The summed E-state index contributed by atoms with van der Waals surface area (Å²) < 4.78 is 101. The average Bonchev–Trinajstić information content (AvgIpc) is 2.80. The third-order valence-corrected chi connectivity index (χ3v) is 7.28. The second-order valence-corrected chi connectivity index (χ2v) is 10.3. The summed E-state index contributed by atoms with van der Waals surface area (Å²) in [5.41, 5.74) is -3.29. The van der Waals surface area contributed by atoms with Crippen LogP contribution in [0.2, 0.25) is 0 Å². The molecule has 13 heteroatoms. The fourth-order valence-corrected chi connectivity index (χ4v) is 5.10. The van der Waals surface area contributed by atoms with Crippen molar-refractivity contribution in [2.75, 3.05) is 4.72 Å². The van der Waals surface area contributed by atoms with Crippen LogP contribution >= 0.6 is 0 Å². The van der Waals surface area contributed by atoms with E-state index < -0.39 is 48.1 Å². The summed E-state index contributed by atoms with van der Waals surface area (Å²) in [5, 5.41) is 0.0899. The summed E-state index contributed by atoms with van der Waals surface area (Å²) in [4.78, 5) is 11.6. The molecule has 0 spiro atoms. The highest BCUT2D eigenvalue weighted by molar-refractivity contribution is 7.92. The van der Waals surface area contributed by atoms with E-state index in [0.29, 0.717) is 12.1 Å². The number of halogens is 3. The van der Waals surface area contributed by atoms with Crippen molar-refractivity contribution in [3.05, 3.63) is 94.8 Å². The molecule has 182 valence electrons. The van der Waals surface area contributed by atoms with Gasteiger partial charge in [0, 0.05) is 5.39 Å². The van der Waals surface area contributed by atoms with Crippen LogP contribution in [0.25, 0.3) is 11.0 Å². The van der Waals surface area contributed by atoms with Crippen molar-refractivity contribution in [2.45, 2.75) is 16.0 Å². The molecule has 0 amide bonds. The van der Waals surface area contributed by atoms with E-state index in [-0.39, 0.29) is 21.6 Å². The number of sulfonamides is 1. The zero-order valence-corrected chi connectivity index (χ0v) is 18.9. The van der Waals surface area contributed by atoms with Gasteiger partial charge in [-0.1, -0.05) is 36.4 Å². The zero-order valence-electron chi connectivity index (χ0n) is 17.3. The van der Waals surface area contributed by atoms with Gasteiger partial charge >= 0.3 is 21.9 Å². The highest BCUT2D eigenvalue weighted by Crippen LogP contribution is 2.32. The van der Waals surface area contributed by atoms with Crippen molar-refractivity contribution in [2.24, 2.45) is 0 Å². The summed E-state index contributed by atoms with van der Waals surface area (Å²) >= 11 is 0.